The van der Waals surface area contributed by atoms with Gasteiger partial charge >= 0.3 is 0 Å². The van der Waals surface area contributed by atoms with Gasteiger partial charge in [-0.1, -0.05) is 48.5 Å². The first kappa shape index (κ1) is 29.0. The number of nitrogens with one attached hydrogen (secondary N) is 1. The molecule has 1 saturated heterocycles. The number of hydrogen-bond acceptors (Lipinski definition) is 6. The van der Waals surface area contributed by atoms with Crippen molar-refractivity contribution in [1.82, 2.24) is 10.2 Å². The number of ether oxygens (including phenoxy) is 4. The van der Waals surface area contributed by atoms with E-state index in [0.717, 1.165) is 35.3 Å². The SMILES string of the molecule is COc1ccc(CN(C(=O)Cc2ccc(OC)c(OC)c2)[C@H](Cc2ccccc2)C(=O)NC[C@H]2CCCO2)cc1. The highest BCUT2D eigenvalue weighted by molar-refractivity contribution is 5.89. The summed E-state index contributed by atoms with van der Waals surface area (Å²) >= 11 is 0. The molecule has 8 nitrogen and oxygen atoms in total. The maximum atomic E-state index is 14.0. The molecule has 212 valence electrons. The van der Waals surface area contributed by atoms with Crippen LogP contribution in [0.5, 0.6) is 17.2 Å². The fourth-order valence-corrected chi connectivity index (χ4v) is 4.89. The van der Waals surface area contributed by atoms with Crippen LogP contribution in [0.1, 0.15) is 29.5 Å². The van der Waals surface area contributed by atoms with E-state index in [0.29, 0.717) is 31.1 Å². The molecule has 1 fully saturated rings. The van der Waals surface area contributed by atoms with E-state index < -0.39 is 6.04 Å². The lowest BCUT2D eigenvalue weighted by atomic mass is 10.0. The van der Waals surface area contributed by atoms with E-state index >= 15 is 0 Å². The molecule has 2 amide bonds. The van der Waals surface area contributed by atoms with Crippen LogP contribution in [-0.2, 0) is 33.7 Å². The molecule has 8 heteroatoms. The summed E-state index contributed by atoms with van der Waals surface area (Å²) in [6, 6.07) is 22.0. The molecule has 0 bridgehead atoms. The smallest absolute Gasteiger partial charge is 0.243 e. The quantitative estimate of drug-likeness (QED) is 0.346. The van der Waals surface area contributed by atoms with E-state index in [-0.39, 0.29) is 30.9 Å². The topological polar surface area (TPSA) is 86.3 Å². The Bertz CT molecular complexity index is 1240. The monoisotopic (exact) mass is 546 g/mol. The highest BCUT2D eigenvalue weighted by Crippen LogP contribution is 2.28. The van der Waals surface area contributed by atoms with Crippen LogP contribution in [-0.4, -0.2) is 63.3 Å². The summed E-state index contributed by atoms with van der Waals surface area (Å²) in [4.78, 5) is 29.5. The lowest BCUT2D eigenvalue weighted by Gasteiger charge is -2.32. The molecule has 40 heavy (non-hydrogen) atoms. The summed E-state index contributed by atoms with van der Waals surface area (Å²) in [7, 11) is 4.75. The molecular weight excluding hydrogens is 508 g/mol. The van der Waals surface area contributed by atoms with E-state index in [2.05, 4.69) is 5.32 Å². The van der Waals surface area contributed by atoms with Gasteiger partial charge in [-0.3, -0.25) is 9.59 Å². The van der Waals surface area contributed by atoms with Crippen LogP contribution in [0.15, 0.2) is 72.8 Å². The van der Waals surface area contributed by atoms with Crippen molar-refractivity contribution < 1.29 is 28.5 Å². The Morgan fingerprint density at radius 3 is 2.27 bits per heavy atom. The van der Waals surface area contributed by atoms with Gasteiger partial charge in [0.2, 0.25) is 11.8 Å². The zero-order valence-corrected chi connectivity index (χ0v) is 23.4. The number of amides is 2. The van der Waals surface area contributed by atoms with Gasteiger partial charge in [-0.15, -0.1) is 0 Å². The summed E-state index contributed by atoms with van der Waals surface area (Å²) in [6.45, 7) is 1.40. The van der Waals surface area contributed by atoms with Crippen LogP contribution in [0.2, 0.25) is 0 Å². The molecule has 0 unspecified atom stereocenters. The van der Waals surface area contributed by atoms with Gasteiger partial charge in [-0.05, 0) is 53.8 Å². The first-order valence-electron chi connectivity index (χ1n) is 13.6. The molecular formula is C32H38N2O6. The molecule has 3 aromatic rings. The van der Waals surface area contributed by atoms with E-state index in [9.17, 15) is 9.59 Å². The standard InChI is InChI=1S/C32H38N2O6/c1-37-26-14-11-24(12-15-26)22-34(31(35)20-25-13-16-29(38-2)30(19-25)39-3)28(18-23-8-5-4-6-9-23)32(36)33-21-27-10-7-17-40-27/h4-6,8-9,11-16,19,27-28H,7,10,17-18,20-22H2,1-3H3,(H,33,36)/t27-,28-/m1/s1. The Kier molecular flexibility index (Phi) is 10.4. The molecule has 1 heterocycles. The molecule has 2 atom stereocenters. The third kappa shape index (κ3) is 7.76. The van der Waals surface area contributed by atoms with Gasteiger partial charge in [0.15, 0.2) is 11.5 Å². The third-order valence-corrected chi connectivity index (χ3v) is 7.11. The fourth-order valence-electron chi connectivity index (χ4n) is 4.89. The van der Waals surface area contributed by atoms with Gasteiger partial charge in [0.05, 0.1) is 33.9 Å². The van der Waals surface area contributed by atoms with Gasteiger partial charge < -0.3 is 29.2 Å². The van der Waals surface area contributed by atoms with E-state index in [1.807, 2.05) is 60.7 Å². The van der Waals surface area contributed by atoms with Gasteiger partial charge in [-0.25, -0.2) is 0 Å². The van der Waals surface area contributed by atoms with Crippen LogP contribution in [0.25, 0.3) is 0 Å². The van der Waals surface area contributed by atoms with Crippen molar-refractivity contribution in [3.63, 3.8) is 0 Å². The highest BCUT2D eigenvalue weighted by Gasteiger charge is 2.31. The Morgan fingerprint density at radius 1 is 0.900 bits per heavy atom. The van der Waals surface area contributed by atoms with Gasteiger partial charge in [0.25, 0.3) is 0 Å². The zero-order chi connectivity index (χ0) is 28.3. The molecule has 1 aliphatic rings. The summed E-state index contributed by atoms with van der Waals surface area (Å²) in [5.41, 5.74) is 2.63. The van der Waals surface area contributed by atoms with Gasteiger partial charge in [-0.2, -0.15) is 0 Å². The van der Waals surface area contributed by atoms with E-state index in [1.54, 1.807) is 38.4 Å². The number of carbonyl (C=O) groups excluding carboxylic acids is 2. The molecule has 0 aromatic heterocycles. The van der Waals surface area contributed by atoms with Crippen molar-refractivity contribution in [2.45, 2.75) is 44.4 Å². The van der Waals surface area contributed by atoms with Crippen molar-refractivity contribution in [3.05, 3.63) is 89.5 Å². The van der Waals surface area contributed by atoms with Crippen LogP contribution >= 0.6 is 0 Å². The van der Waals surface area contributed by atoms with Crippen LogP contribution < -0.4 is 19.5 Å². The van der Waals surface area contributed by atoms with Crippen LogP contribution in [0.3, 0.4) is 0 Å². The predicted molar refractivity (Wildman–Crippen MR) is 153 cm³/mol. The largest absolute Gasteiger partial charge is 0.497 e. The second kappa shape index (κ2) is 14.4. The number of nitrogens with zero attached hydrogens (tertiary/aromatic N) is 1. The minimum atomic E-state index is -0.724. The second-order valence-corrected chi connectivity index (χ2v) is 9.82. The van der Waals surface area contributed by atoms with Crippen molar-refractivity contribution in [1.29, 1.82) is 0 Å². The van der Waals surface area contributed by atoms with E-state index in [4.69, 9.17) is 18.9 Å². The summed E-state index contributed by atoms with van der Waals surface area (Å²) in [6.07, 6.45) is 2.38. The van der Waals surface area contributed by atoms with Crippen molar-refractivity contribution >= 4 is 11.8 Å². The van der Waals surface area contributed by atoms with Crippen LogP contribution in [0.4, 0.5) is 0 Å². The fraction of sp³-hybridized carbons (Fsp3) is 0.375. The molecule has 0 spiro atoms. The predicted octanol–water partition coefficient (Wildman–Crippen LogP) is 4.19. The van der Waals surface area contributed by atoms with E-state index in [1.165, 1.54) is 0 Å². The molecule has 3 aromatic carbocycles. The molecule has 1 N–H and O–H groups in total. The number of carbonyl (C=O) groups is 2. The Labute approximate surface area is 236 Å². The molecule has 0 saturated carbocycles. The summed E-state index contributed by atoms with van der Waals surface area (Å²) in [5.74, 6) is 1.49. The van der Waals surface area contributed by atoms with Crippen molar-refractivity contribution in [2.24, 2.45) is 0 Å². The number of benzene rings is 3. The average Bonchev–Trinajstić information content (AvgIpc) is 3.52. The number of hydrogen-bond donors (Lipinski definition) is 1. The van der Waals surface area contributed by atoms with Crippen LogP contribution in [0, 0.1) is 0 Å². The summed E-state index contributed by atoms with van der Waals surface area (Å²) in [5, 5.41) is 3.07. The Morgan fingerprint density at radius 2 is 1.62 bits per heavy atom. The van der Waals surface area contributed by atoms with Crippen molar-refractivity contribution in [2.75, 3.05) is 34.5 Å². The molecule has 4 rings (SSSR count). The Hall–Kier alpha value is -4.04. The highest BCUT2D eigenvalue weighted by atomic mass is 16.5. The first-order chi connectivity index (χ1) is 19.5. The number of rotatable bonds is 13. The third-order valence-electron chi connectivity index (χ3n) is 7.11. The molecule has 1 aliphatic heterocycles. The minimum absolute atomic E-state index is 0.00108. The zero-order valence-electron chi connectivity index (χ0n) is 23.4. The molecule has 0 radical (unpaired) electrons. The maximum Gasteiger partial charge on any atom is 0.243 e. The average molecular weight is 547 g/mol. The second-order valence-electron chi connectivity index (χ2n) is 9.82. The normalized spacial score (nSPS) is 15.2. The Balaban J connectivity index is 1.64. The van der Waals surface area contributed by atoms with Gasteiger partial charge in [0, 0.05) is 26.1 Å². The van der Waals surface area contributed by atoms with Gasteiger partial charge in [0.1, 0.15) is 11.8 Å². The first-order valence-corrected chi connectivity index (χ1v) is 13.6. The minimum Gasteiger partial charge on any atom is -0.497 e. The maximum absolute atomic E-state index is 14.0. The number of methoxy groups -OCH3 is 3. The lowest BCUT2D eigenvalue weighted by Crippen LogP contribution is -2.52. The molecule has 0 aliphatic carbocycles. The lowest BCUT2D eigenvalue weighted by molar-refractivity contribution is -0.141. The van der Waals surface area contributed by atoms with Crippen molar-refractivity contribution in [3.8, 4) is 17.2 Å². The summed E-state index contributed by atoms with van der Waals surface area (Å²) < 4.78 is 21.8.